The molecule has 5 nitrogen and oxygen atoms in total. The van der Waals surface area contributed by atoms with Gasteiger partial charge in [0.05, 0.1) is 6.10 Å². The minimum absolute atomic E-state index is 0.297. The number of aromatic nitrogens is 2. The molecule has 1 aromatic heterocycles. The average Bonchev–Trinajstić information content (AvgIpc) is 2.75. The van der Waals surface area contributed by atoms with Crippen LogP contribution in [0.5, 0.6) is 0 Å². The second-order valence-electron chi connectivity index (χ2n) is 5.72. The Bertz CT molecular complexity index is 394. The quantitative estimate of drug-likeness (QED) is 0.838. The fourth-order valence-corrected chi connectivity index (χ4v) is 3.11. The van der Waals surface area contributed by atoms with E-state index in [0.717, 1.165) is 38.5 Å². The zero-order valence-electron chi connectivity index (χ0n) is 12.1. The molecule has 0 bridgehead atoms. The molecule has 2 aliphatic rings. The highest BCUT2D eigenvalue weighted by molar-refractivity contribution is 5.36. The van der Waals surface area contributed by atoms with Crippen molar-refractivity contribution in [2.45, 2.75) is 31.8 Å². The minimum atomic E-state index is 0.297. The van der Waals surface area contributed by atoms with Crippen LogP contribution in [-0.2, 0) is 4.74 Å². The van der Waals surface area contributed by atoms with Crippen molar-refractivity contribution in [2.75, 3.05) is 44.2 Å². The van der Waals surface area contributed by atoms with Gasteiger partial charge in [0.15, 0.2) is 0 Å². The van der Waals surface area contributed by atoms with Gasteiger partial charge in [-0.3, -0.25) is 0 Å². The summed E-state index contributed by atoms with van der Waals surface area (Å²) < 4.78 is 6.03. The molecule has 5 heteroatoms. The zero-order chi connectivity index (χ0) is 13.6. The summed E-state index contributed by atoms with van der Waals surface area (Å²) >= 11 is 0. The van der Waals surface area contributed by atoms with Gasteiger partial charge in [-0.1, -0.05) is 6.42 Å². The number of nitrogens with zero attached hydrogens (tertiary/aromatic N) is 4. The lowest BCUT2D eigenvalue weighted by Gasteiger charge is -2.31. The molecule has 2 saturated heterocycles. The molecule has 0 radical (unpaired) electrons. The van der Waals surface area contributed by atoms with Gasteiger partial charge in [0.25, 0.3) is 0 Å². The first kappa shape index (κ1) is 13.8. The molecule has 2 aliphatic heterocycles. The summed E-state index contributed by atoms with van der Waals surface area (Å²) in [5, 5.41) is 0. The van der Waals surface area contributed by atoms with E-state index in [-0.39, 0.29) is 0 Å². The van der Waals surface area contributed by atoms with E-state index in [1.54, 1.807) is 6.33 Å². The molecule has 0 saturated carbocycles. The van der Waals surface area contributed by atoms with Gasteiger partial charge < -0.3 is 14.5 Å². The topological polar surface area (TPSA) is 41.5 Å². The third-order valence-corrected chi connectivity index (χ3v) is 4.15. The zero-order valence-corrected chi connectivity index (χ0v) is 12.1. The van der Waals surface area contributed by atoms with Crippen LogP contribution in [0.4, 0.5) is 5.82 Å². The lowest BCUT2D eigenvalue weighted by atomic mass is 10.1. The number of anilines is 1. The summed E-state index contributed by atoms with van der Waals surface area (Å²) in [6, 6.07) is 1.99. The molecule has 20 heavy (non-hydrogen) atoms. The van der Waals surface area contributed by atoms with Crippen molar-refractivity contribution in [1.82, 2.24) is 14.9 Å². The maximum Gasteiger partial charge on any atom is 0.131 e. The molecular formula is C15H24N4O. The Morgan fingerprint density at radius 1 is 1.15 bits per heavy atom. The average molecular weight is 276 g/mol. The number of likely N-dealkylation sites (tertiary alicyclic amines) is 1. The summed E-state index contributed by atoms with van der Waals surface area (Å²) in [6.07, 6.45) is 8.86. The van der Waals surface area contributed by atoms with Crippen LogP contribution in [-0.4, -0.2) is 60.3 Å². The smallest absolute Gasteiger partial charge is 0.131 e. The number of piperidine rings is 1. The molecule has 0 N–H and O–H groups in total. The van der Waals surface area contributed by atoms with Crippen LogP contribution in [0.2, 0.25) is 0 Å². The molecule has 110 valence electrons. The maximum atomic E-state index is 6.03. The third-order valence-electron chi connectivity index (χ3n) is 4.15. The largest absolute Gasteiger partial charge is 0.375 e. The molecule has 0 amide bonds. The molecule has 1 unspecified atom stereocenters. The van der Waals surface area contributed by atoms with Crippen molar-refractivity contribution < 1.29 is 4.74 Å². The lowest BCUT2D eigenvalue weighted by molar-refractivity contribution is 0.0350. The van der Waals surface area contributed by atoms with Crippen LogP contribution in [0.25, 0.3) is 0 Å². The van der Waals surface area contributed by atoms with Crippen LogP contribution in [0, 0.1) is 0 Å². The number of hydrogen-bond donors (Lipinski definition) is 0. The predicted molar refractivity (Wildman–Crippen MR) is 78.9 cm³/mol. The van der Waals surface area contributed by atoms with Gasteiger partial charge in [-0.15, -0.1) is 0 Å². The second-order valence-corrected chi connectivity index (χ2v) is 5.72. The molecule has 0 spiro atoms. The molecule has 2 fully saturated rings. The Morgan fingerprint density at radius 2 is 2.05 bits per heavy atom. The first-order valence-electron chi connectivity index (χ1n) is 7.77. The van der Waals surface area contributed by atoms with E-state index in [1.165, 1.54) is 32.4 Å². The fourth-order valence-electron chi connectivity index (χ4n) is 3.11. The van der Waals surface area contributed by atoms with Crippen LogP contribution in [0.1, 0.15) is 25.7 Å². The van der Waals surface area contributed by atoms with Crippen LogP contribution in [0.3, 0.4) is 0 Å². The number of rotatable bonds is 3. The van der Waals surface area contributed by atoms with E-state index in [4.69, 9.17) is 4.74 Å². The molecule has 0 aliphatic carbocycles. The summed E-state index contributed by atoms with van der Waals surface area (Å²) in [6.45, 7) is 6.34. The molecule has 3 rings (SSSR count). The van der Waals surface area contributed by atoms with Crippen LogP contribution < -0.4 is 4.90 Å². The maximum absolute atomic E-state index is 6.03. The summed E-state index contributed by atoms with van der Waals surface area (Å²) in [7, 11) is 0. The van der Waals surface area contributed by atoms with Gasteiger partial charge in [0, 0.05) is 32.4 Å². The number of hydrogen-bond acceptors (Lipinski definition) is 5. The van der Waals surface area contributed by atoms with E-state index in [0.29, 0.717) is 6.10 Å². The van der Waals surface area contributed by atoms with Gasteiger partial charge in [0.1, 0.15) is 12.1 Å². The Hall–Kier alpha value is -1.20. The van der Waals surface area contributed by atoms with Crippen molar-refractivity contribution in [3.8, 4) is 0 Å². The SMILES string of the molecule is c1cc(N2CCCOC(CN3CCCCC3)C2)ncn1. The molecule has 0 aromatic carbocycles. The van der Waals surface area contributed by atoms with Crippen molar-refractivity contribution >= 4 is 5.82 Å². The molecule has 3 heterocycles. The molecular weight excluding hydrogens is 252 g/mol. The monoisotopic (exact) mass is 276 g/mol. The first-order chi connectivity index (χ1) is 9.92. The number of ether oxygens (including phenoxy) is 1. The molecule has 1 aromatic rings. The van der Waals surface area contributed by atoms with Crippen LogP contribution >= 0.6 is 0 Å². The first-order valence-corrected chi connectivity index (χ1v) is 7.77. The van der Waals surface area contributed by atoms with E-state index < -0.39 is 0 Å². The fraction of sp³-hybridized carbons (Fsp3) is 0.733. The lowest BCUT2D eigenvalue weighted by Crippen LogP contribution is -2.42. The highest BCUT2D eigenvalue weighted by Crippen LogP contribution is 2.16. The van der Waals surface area contributed by atoms with Gasteiger partial charge in [-0.25, -0.2) is 9.97 Å². The highest BCUT2D eigenvalue weighted by atomic mass is 16.5. The minimum Gasteiger partial charge on any atom is -0.375 e. The van der Waals surface area contributed by atoms with Gasteiger partial charge in [-0.2, -0.15) is 0 Å². The van der Waals surface area contributed by atoms with Gasteiger partial charge in [0.2, 0.25) is 0 Å². The van der Waals surface area contributed by atoms with Crippen molar-refractivity contribution in [2.24, 2.45) is 0 Å². The normalized spacial score (nSPS) is 25.4. The van der Waals surface area contributed by atoms with Crippen molar-refractivity contribution in [1.29, 1.82) is 0 Å². The summed E-state index contributed by atoms with van der Waals surface area (Å²) in [5.74, 6) is 1.02. The van der Waals surface area contributed by atoms with Gasteiger partial charge >= 0.3 is 0 Å². The highest BCUT2D eigenvalue weighted by Gasteiger charge is 2.22. The van der Waals surface area contributed by atoms with E-state index in [1.807, 2.05) is 12.3 Å². The van der Waals surface area contributed by atoms with E-state index >= 15 is 0 Å². The Labute approximate surface area is 121 Å². The Kier molecular flexibility index (Phi) is 4.82. The Balaban J connectivity index is 1.60. The standard InChI is InChI=1S/C15H24N4O/c1-2-7-18(8-3-1)11-14-12-19(9-4-10-20-14)15-5-6-16-13-17-15/h5-6,13-14H,1-4,7-12H2. The second kappa shape index (κ2) is 6.99. The summed E-state index contributed by atoms with van der Waals surface area (Å²) in [5.41, 5.74) is 0. The van der Waals surface area contributed by atoms with Crippen LogP contribution in [0.15, 0.2) is 18.6 Å². The van der Waals surface area contributed by atoms with E-state index in [9.17, 15) is 0 Å². The van der Waals surface area contributed by atoms with E-state index in [2.05, 4.69) is 19.8 Å². The third kappa shape index (κ3) is 3.67. The molecule has 1 atom stereocenters. The van der Waals surface area contributed by atoms with Crippen molar-refractivity contribution in [3.63, 3.8) is 0 Å². The predicted octanol–water partition coefficient (Wildman–Crippen LogP) is 1.56. The van der Waals surface area contributed by atoms with Crippen molar-refractivity contribution in [3.05, 3.63) is 18.6 Å². The van der Waals surface area contributed by atoms with Gasteiger partial charge in [-0.05, 0) is 38.4 Å². The summed E-state index contributed by atoms with van der Waals surface area (Å²) in [4.78, 5) is 13.3. The Morgan fingerprint density at radius 3 is 2.85 bits per heavy atom.